The van der Waals surface area contributed by atoms with Crippen molar-refractivity contribution in [2.24, 2.45) is 0 Å². The lowest BCUT2D eigenvalue weighted by Crippen LogP contribution is -2.11. The number of esters is 1. The van der Waals surface area contributed by atoms with Gasteiger partial charge in [-0.1, -0.05) is 6.92 Å². The van der Waals surface area contributed by atoms with E-state index in [9.17, 15) is 4.79 Å². The number of benzene rings is 1. The van der Waals surface area contributed by atoms with E-state index >= 15 is 0 Å². The standard InChI is InChI=1S/C19H28O5/c1-6-14(5)24-19(20)11-10-15-12-17(22-8-3)18(23-9-4)13-16(15)21-7-2/h10-14H,6-9H2,1-5H3. The van der Waals surface area contributed by atoms with E-state index < -0.39 is 0 Å². The minimum atomic E-state index is -0.376. The quantitative estimate of drug-likeness (QED) is 0.472. The minimum Gasteiger partial charge on any atom is -0.493 e. The normalized spacial score (nSPS) is 12.0. The number of hydrogen-bond acceptors (Lipinski definition) is 5. The average molecular weight is 336 g/mol. The smallest absolute Gasteiger partial charge is 0.331 e. The largest absolute Gasteiger partial charge is 0.493 e. The molecule has 0 radical (unpaired) electrons. The SMILES string of the molecule is CCOc1cc(OCC)c(OCC)cc1C=CC(=O)OC(C)CC. The maximum Gasteiger partial charge on any atom is 0.331 e. The van der Waals surface area contributed by atoms with Crippen molar-refractivity contribution in [2.75, 3.05) is 19.8 Å². The Balaban J connectivity index is 3.09. The summed E-state index contributed by atoms with van der Waals surface area (Å²) in [6, 6.07) is 3.60. The zero-order chi connectivity index (χ0) is 17.9. The zero-order valence-electron chi connectivity index (χ0n) is 15.3. The van der Waals surface area contributed by atoms with Crippen molar-refractivity contribution in [1.29, 1.82) is 0 Å². The molecule has 0 bridgehead atoms. The van der Waals surface area contributed by atoms with Crippen LogP contribution in [0.4, 0.5) is 0 Å². The molecule has 0 amide bonds. The van der Waals surface area contributed by atoms with Crippen molar-refractivity contribution in [1.82, 2.24) is 0 Å². The molecule has 134 valence electrons. The maximum atomic E-state index is 11.8. The molecule has 5 heteroatoms. The molecule has 1 aromatic carbocycles. The van der Waals surface area contributed by atoms with Gasteiger partial charge in [-0.3, -0.25) is 0 Å². The van der Waals surface area contributed by atoms with Crippen LogP contribution in [-0.4, -0.2) is 31.9 Å². The Morgan fingerprint density at radius 1 is 0.958 bits per heavy atom. The molecule has 0 aliphatic rings. The Morgan fingerprint density at radius 2 is 1.50 bits per heavy atom. The fraction of sp³-hybridized carbons (Fsp3) is 0.526. The Morgan fingerprint density at radius 3 is 2.04 bits per heavy atom. The fourth-order valence-electron chi connectivity index (χ4n) is 1.98. The van der Waals surface area contributed by atoms with E-state index in [1.54, 1.807) is 12.1 Å². The van der Waals surface area contributed by atoms with Crippen LogP contribution in [0, 0.1) is 0 Å². The summed E-state index contributed by atoms with van der Waals surface area (Å²) in [5, 5.41) is 0. The molecule has 0 spiro atoms. The third-order valence-electron chi connectivity index (χ3n) is 3.27. The first kappa shape index (κ1) is 19.9. The highest BCUT2D eigenvalue weighted by Crippen LogP contribution is 2.36. The van der Waals surface area contributed by atoms with Gasteiger partial charge in [0.2, 0.25) is 0 Å². The third-order valence-corrected chi connectivity index (χ3v) is 3.27. The number of hydrogen-bond donors (Lipinski definition) is 0. The van der Waals surface area contributed by atoms with Gasteiger partial charge in [0.15, 0.2) is 11.5 Å². The molecule has 0 N–H and O–H groups in total. The summed E-state index contributed by atoms with van der Waals surface area (Å²) in [4.78, 5) is 11.8. The first-order chi connectivity index (χ1) is 11.5. The predicted molar refractivity (Wildman–Crippen MR) is 94.8 cm³/mol. The van der Waals surface area contributed by atoms with Gasteiger partial charge in [-0.2, -0.15) is 0 Å². The third kappa shape index (κ3) is 6.14. The number of carbonyl (C=O) groups is 1. The van der Waals surface area contributed by atoms with Crippen molar-refractivity contribution in [3.05, 3.63) is 23.8 Å². The molecule has 1 rings (SSSR count). The summed E-state index contributed by atoms with van der Waals surface area (Å²) in [5.41, 5.74) is 0.741. The van der Waals surface area contributed by atoms with Crippen LogP contribution in [0.1, 0.15) is 46.6 Å². The molecular formula is C19H28O5. The Kier molecular flexibility index (Phi) is 8.76. The van der Waals surface area contributed by atoms with E-state index in [1.165, 1.54) is 6.08 Å². The molecule has 0 saturated carbocycles. The Bertz CT molecular complexity index is 551. The van der Waals surface area contributed by atoms with Gasteiger partial charge < -0.3 is 18.9 Å². The topological polar surface area (TPSA) is 54.0 Å². The minimum absolute atomic E-state index is 0.104. The van der Waals surface area contributed by atoms with Gasteiger partial charge in [0.25, 0.3) is 0 Å². The van der Waals surface area contributed by atoms with E-state index in [1.807, 2.05) is 40.7 Å². The highest BCUT2D eigenvalue weighted by molar-refractivity contribution is 5.88. The molecule has 0 fully saturated rings. The first-order valence-corrected chi connectivity index (χ1v) is 8.50. The van der Waals surface area contributed by atoms with Gasteiger partial charge >= 0.3 is 5.97 Å². The average Bonchev–Trinajstić information content (AvgIpc) is 2.56. The van der Waals surface area contributed by atoms with Crippen molar-refractivity contribution in [3.63, 3.8) is 0 Å². The van der Waals surface area contributed by atoms with Gasteiger partial charge in [0.1, 0.15) is 5.75 Å². The van der Waals surface area contributed by atoms with Gasteiger partial charge in [-0.15, -0.1) is 0 Å². The second kappa shape index (κ2) is 10.6. The highest BCUT2D eigenvalue weighted by Gasteiger charge is 2.12. The van der Waals surface area contributed by atoms with Crippen LogP contribution in [0.2, 0.25) is 0 Å². The molecule has 1 unspecified atom stereocenters. The van der Waals surface area contributed by atoms with Crippen LogP contribution in [-0.2, 0) is 9.53 Å². The molecular weight excluding hydrogens is 308 g/mol. The summed E-state index contributed by atoms with van der Waals surface area (Å²) in [6.07, 6.45) is 3.75. The van der Waals surface area contributed by atoms with Crippen LogP contribution in [0.25, 0.3) is 6.08 Å². The predicted octanol–water partition coefficient (Wildman–Crippen LogP) is 4.24. The summed E-state index contributed by atoms with van der Waals surface area (Å²) in [6.45, 7) is 11.1. The van der Waals surface area contributed by atoms with Gasteiger partial charge in [0.05, 0.1) is 25.9 Å². The summed E-state index contributed by atoms with van der Waals surface area (Å²) < 4.78 is 22.1. The van der Waals surface area contributed by atoms with Crippen LogP contribution in [0.15, 0.2) is 18.2 Å². The van der Waals surface area contributed by atoms with Crippen molar-refractivity contribution >= 4 is 12.0 Å². The monoisotopic (exact) mass is 336 g/mol. The summed E-state index contributed by atoms with van der Waals surface area (Å²) in [5.74, 6) is 1.51. The van der Waals surface area contributed by atoms with Crippen LogP contribution >= 0.6 is 0 Å². The Hall–Kier alpha value is -2.17. The van der Waals surface area contributed by atoms with E-state index in [4.69, 9.17) is 18.9 Å². The molecule has 1 atom stereocenters. The molecule has 24 heavy (non-hydrogen) atoms. The van der Waals surface area contributed by atoms with Crippen molar-refractivity contribution < 1.29 is 23.7 Å². The zero-order valence-corrected chi connectivity index (χ0v) is 15.3. The maximum absolute atomic E-state index is 11.8. The summed E-state index contributed by atoms with van der Waals surface area (Å²) in [7, 11) is 0. The van der Waals surface area contributed by atoms with Gasteiger partial charge in [-0.05, 0) is 46.3 Å². The van der Waals surface area contributed by atoms with Gasteiger partial charge in [0, 0.05) is 17.7 Å². The number of rotatable bonds is 10. The molecule has 0 aliphatic heterocycles. The summed E-state index contributed by atoms with van der Waals surface area (Å²) >= 11 is 0. The number of carbonyl (C=O) groups excluding carboxylic acids is 1. The van der Waals surface area contributed by atoms with Crippen LogP contribution in [0.3, 0.4) is 0 Å². The van der Waals surface area contributed by atoms with Crippen LogP contribution in [0.5, 0.6) is 17.2 Å². The van der Waals surface area contributed by atoms with Crippen molar-refractivity contribution in [2.45, 2.75) is 47.1 Å². The fourth-order valence-corrected chi connectivity index (χ4v) is 1.98. The molecule has 0 aromatic heterocycles. The number of ether oxygens (including phenoxy) is 4. The second-order valence-corrected chi connectivity index (χ2v) is 5.12. The lowest BCUT2D eigenvalue weighted by molar-refractivity contribution is -0.142. The Labute approximate surface area is 144 Å². The van der Waals surface area contributed by atoms with Crippen LogP contribution < -0.4 is 14.2 Å². The lowest BCUT2D eigenvalue weighted by Gasteiger charge is -2.15. The molecule has 0 saturated heterocycles. The molecule has 1 aromatic rings. The second-order valence-electron chi connectivity index (χ2n) is 5.12. The van der Waals surface area contributed by atoms with E-state index in [2.05, 4.69) is 0 Å². The first-order valence-electron chi connectivity index (χ1n) is 8.50. The molecule has 0 heterocycles. The van der Waals surface area contributed by atoms with Gasteiger partial charge in [-0.25, -0.2) is 4.79 Å². The van der Waals surface area contributed by atoms with Crippen molar-refractivity contribution in [3.8, 4) is 17.2 Å². The molecule has 5 nitrogen and oxygen atoms in total. The molecule has 0 aliphatic carbocycles. The lowest BCUT2D eigenvalue weighted by atomic mass is 10.1. The van der Waals surface area contributed by atoms with E-state index in [0.29, 0.717) is 37.1 Å². The van der Waals surface area contributed by atoms with E-state index in [0.717, 1.165) is 12.0 Å². The highest BCUT2D eigenvalue weighted by atomic mass is 16.5. The van der Waals surface area contributed by atoms with E-state index in [-0.39, 0.29) is 12.1 Å².